The minimum atomic E-state index is -1.19. The number of rotatable bonds is 6. The smallest absolute Gasteiger partial charge is 0.335 e. The van der Waals surface area contributed by atoms with Gasteiger partial charge in [-0.1, -0.05) is 6.92 Å². The summed E-state index contributed by atoms with van der Waals surface area (Å²) in [7, 11) is 1.64. The fraction of sp³-hybridized carbons (Fsp3) is 0.222. The normalized spacial score (nSPS) is 10.2. The molecular formula is C18H18N2O4. The topological polar surface area (TPSA) is 87.6 Å². The minimum absolute atomic E-state index is 0.0991. The highest BCUT2D eigenvalue weighted by atomic mass is 16.4. The van der Waals surface area contributed by atoms with Gasteiger partial charge in [-0.3, -0.25) is 14.6 Å². The lowest BCUT2D eigenvalue weighted by Crippen LogP contribution is -2.27. The van der Waals surface area contributed by atoms with Gasteiger partial charge in [0.1, 0.15) is 0 Å². The Balaban J connectivity index is 2.47. The molecule has 0 atom stereocenters. The van der Waals surface area contributed by atoms with Crippen molar-refractivity contribution in [2.45, 2.75) is 13.3 Å². The van der Waals surface area contributed by atoms with Crippen LogP contribution in [0.25, 0.3) is 0 Å². The van der Waals surface area contributed by atoms with Crippen LogP contribution in [-0.4, -0.2) is 46.2 Å². The summed E-state index contributed by atoms with van der Waals surface area (Å²) in [5.41, 5.74) is 0.563. The number of pyridine rings is 1. The van der Waals surface area contributed by atoms with E-state index in [0.717, 1.165) is 6.42 Å². The summed E-state index contributed by atoms with van der Waals surface area (Å²) in [6, 6.07) is 7.20. The van der Waals surface area contributed by atoms with E-state index in [0.29, 0.717) is 12.1 Å². The number of hydrogen-bond acceptors (Lipinski definition) is 4. The van der Waals surface area contributed by atoms with Gasteiger partial charge in [-0.25, -0.2) is 4.79 Å². The molecule has 0 unspecified atom stereocenters. The Hall–Kier alpha value is -3.02. The average molecular weight is 326 g/mol. The number of ketones is 1. The van der Waals surface area contributed by atoms with Crippen LogP contribution >= 0.6 is 0 Å². The maximum atomic E-state index is 12.5. The second-order valence-electron chi connectivity index (χ2n) is 5.40. The summed E-state index contributed by atoms with van der Waals surface area (Å²) in [6.07, 6.45) is 3.72. The van der Waals surface area contributed by atoms with Crippen molar-refractivity contribution in [3.63, 3.8) is 0 Å². The van der Waals surface area contributed by atoms with Crippen LogP contribution in [0.3, 0.4) is 0 Å². The summed E-state index contributed by atoms with van der Waals surface area (Å²) in [5.74, 6) is -1.89. The van der Waals surface area contributed by atoms with Crippen LogP contribution in [0.1, 0.15) is 50.0 Å². The van der Waals surface area contributed by atoms with Gasteiger partial charge in [-0.2, -0.15) is 0 Å². The molecule has 0 spiro atoms. The van der Waals surface area contributed by atoms with Gasteiger partial charge in [0, 0.05) is 42.7 Å². The molecule has 0 bridgehead atoms. The van der Waals surface area contributed by atoms with E-state index in [2.05, 4.69) is 4.98 Å². The van der Waals surface area contributed by atoms with Crippen LogP contribution in [0.2, 0.25) is 0 Å². The first-order valence-electron chi connectivity index (χ1n) is 7.52. The average Bonchev–Trinajstić information content (AvgIpc) is 2.60. The lowest BCUT2D eigenvalue weighted by Gasteiger charge is -2.17. The molecule has 2 rings (SSSR count). The molecule has 0 radical (unpaired) electrons. The Morgan fingerprint density at radius 1 is 1.08 bits per heavy atom. The SMILES string of the molecule is CCCN(C)C(=O)c1cc(C(=O)O)cc(C(=O)c2cccnc2)c1. The number of nitrogens with zero attached hydrogens (tertiary/aromatic N) is 2. The molecule has 6 nitrogen and oxygen atoms in total. The summed E-state index contributed by atoms with van der Waals surface area (Å²) in [4.78, 5) is 41.7. The number of hydrogen-bond donors (Lipinski definition) is 1. The maximum Gasteiger partial charge on any atom is 0.335 e. The Morgan fingerprint density at radius 3 is 2.33 bits per heavy atom. The van der Waals surface area contributed by atoms with E-state index < -0.39 is 5.97 Å². The van der Waals surface area contributed by atoms with Gasteiger partial charge in [-0.15, -0.1) is 0 Å². The molecule has 1 N–H and O–H groups in total. The van der Waals surface area contributed by atoms with Crippen molar-refractivity contribution in [3.8, 4) is 0 Å². The summed E-state index contributed by atoms with van der Waals surface area (Å²) >= 11 is 0. The van der Waals surface area contributed by atoms with Crippen molar-refractivity contribution in [2.75, 3.05) is 13.6 Å². The first kappa shape index (κ1) is 17.3. The number of benzene rings is 1. The van der Waals surface area contributed by atoms with Gasteiger partial charge < -0.3 is 10.0 Å². The zero-order valence-electron chi connectivity index (χ0n) is 13.5. The molecule has 0 aliphatic carbocycles. The highest BCUT2D eigenvalue weighted by molar-refractivity contribution is 6.11. The van der Waals surface area contributed by atoms with E-state index >= 15 is 0 Å². The Kier molecular flexibility index (Phi) is 5.42. The standard InChI is InChI=1S/C18H18N2O4/c1-3-7-20(2)17(22)14-8-13(9-15(10-14)18(23)24)16(21)12-5-4-6-19-11-12/h4-6,8-11H,3,7H2,1-2H3,(H,23,24). The van der Waals surface area contributed by atoms with Crippen molar-refractivity contribution in [3.05, 3.63) is 65.0 Å². The number of aromatic nitrogens is 1. The van der Waals surface area contributed by atoms with E-state index in [1.165, 1.54) is 29.3 Å². The Bertz CT molecular complexity index is 772. The number of carboxylic acid groups (broad SMARTS) is 1. The predicted molar refractivity (Wildman–Crippen MR) is 88.3 cm³/mol. The maximum absolute atomic E-state index is 12.5. The summed E-state index contributed by atoms with van der Waals surface area (Å²) in [5, 5.41) is 9.26. The molecule has 0 fully saturated rings. The molecule has 124 valence electrons. The van der Waals surface area contributed by atoms with Crippen molar-refractivity contribution in [2.24, 2.45) is 0 Å². The fourth-order valence-electron chi connectivity index (χ4n) is 2.33. The highest BCUT2D eigenvalue weighted by Gasteiger charge is 2.19. The minimum Gasteiger partial charge on any atom is -0.478 e. The molecule has 24 heavy (non-hydrogen) atoms. The first-order chi connectivity index (χ1) is 11.4. The van der Waals surface area contributed by atoms with Crippen molar-refractivity contribution >= 4 is 17.7 Å². The van der Waals surface area contributed by atoms with Crippen LogP contribution in [0.4, 0.5) is 0 Å². The quantitative estimate of drug-likeness (QED) is 0.824. The molecule has 1 aromatic heterocycles. The second-order valence-corrected chi connectivity index (χ2v) is 5.40. The van der Waals surface area contributed by atoms with E-state index in [4.69, 9.17) is 0 Å². The van der Waals surface area contributed by atoms with Crippen LogP contribution in [0, 0.1) is 0 Å². The van der Waals surface area contributed by atoms with Crippen LogP contribution in [-0.2, 0) is 0 Å². The molecule has 0 saturated carbocycles. The van der Waals surface area contributed by atoms with Gasteiger partial charge in [0.15, 0.2) is 5.78 Å². The number of aromatic carboxylic acids is 1. The summed E-state index contributed by atoms with van der Waals surface area (Å²) in [6.45, 7) is 2.48. The molecule has 2 aromatic rings. The Labute approximate surface area is 139 Å². The van der Waals surface area contributed by atoms with Gasteiger partial charge in [-0.05, 0) is 36.8 Å². The zero-order chi connectivity index (χ0) is 17.7. The number of carboxylic acids is 1. The third kappa shape index (κ3) is 3.84. The second kappa shape index (κ2) is 7.50. The van der Waals surface area contributed by atoms with Crippen molar-refractivity contribution in [1.82, 2.24) is 9.88 Å². The van der Waals surface area contributed by atoms with Gasteiger partial charge in [0.25, 0.3) is 5.91 Å². The largest absolute Gasteiger partial charge is 0.478 e. The lowest BCUT2D eigenvalue weighted by atomic mass is 9.99. The first-order valence-corrected chi connectivity index (χ1v) is 7.52. The number of carbonyl (C=O) groups is 3. The summed E-state index contributed by atoms with van der Waals surface area (Å²) < 4.78 is 0. The number of amides is 1. The monoisotopic (exact) mass is 326 g/mol. The van der Waals surface area contributed by atoms with Gasteiger partial charge in [0.2, 0.25) is 0 Å². The fourth-order valence-corrected chi connectivity index (χ4v) is 2.33. The lowest BCUT2D eigenvalue weighted by molar-refractivity contribution is 0.0697. The molecule has 1 heterocycles. The molecule has 0 saturated heterocycles. The molecule has 6 heteroatoms. The van der Waals surface area contributed by atoms with E-state index in [9.17, 15) is 19.5 Å². The predicted octanol–water partition coefficient (Wildman–Crippen LogP) is 2.49. The number of carbonyl (C=O) groups excluding carboxylic acids is 2. The van der Waals surface area contributed by atoms with Crippen molar-refractivity contribution in [1.29, 1.82) is 0 Å². The van der Waals surface area contributed by atoms with Gasteiger partial charge >= 0.3 is 5.97 Å². The van der Waals surface area contributed by atoms with E-state index in [1.54, 1.807) is 25.4 Å². The van der Waals surface area contributed by atoms with Gasteiger partial charge in [0.05, 0.1) is 5.56 Å². The third-order valence-electron chi connectivity index (χ3n) is 3.52. The third-order valence-corrected chi connectivity index (χ3v) is 3.52. The molecular weight excluding hydrogens is 308 g/mol. The molecule has 0 aliphatic heterocycles. The Morgan fingerprint density at radius 2 is 1.75 bits per heavy atom. The highest BCUT2D eigenvalue weighted by Crippen LogP contribution is 2.16. The van der Waals surface area contributed by atoms with Crippen LogP contribution in [0.15, 0.2) is 42.7 Å². The molecule has 1 aromatic carbocycles. The zero-order valence-corrected chi connectivity index (χ0v) is 13.5. The molecule has 1 amide bonds. The van der Waals surface area contributed by atoms with Crippen LogP contribution < -0.4 is 0 Å². The van der Waals surface area contributed by atoms with Crippen LogP contribution in [0.5, 0.6) is 0 Å². The van der Waals surface area contributed by atoms with Crippen molar-refractivity contribution < 1.29 is 19.5 Å². The molecule has 0 aliphatic rings. The van der Waals surface area contributed by atoms with E-state index in [-0.39, 0.29) is 28.4 Å². The van der Waals surface area contributed by atoms with E-state index in [1.807, 2.05) is 6.92 Å².